The number of aromatic amines is 2. The van der Waals surface area contributed by atoms with Gasteiger partial charge in [-0.2, -0.15) is 0 Å². The Hall–Kier alpha value is -5.95. The lowest BCUT2D eigenvalue weighted by atomic mass is 10.0. The number of aryl methyl sites for hydroxylation is 2. The minimum atomic E-state index is -5.25. The lowest BCUT2D eigenvalue weighted by Crippen LogP contribution is -2.16. The Bertz CT molecular complexity index is 2760. The summed E-state index contributed by atoms with van der Waals surface area (Å²) in [6.45, 7) is 1.53. The highest BCUT2D eigenvalue weighted by Crippen LogP contribution is 2.49. The molecule has 1 unspecified atom stereocenters. The van der Waals surface area contributed by atoms with Crippen LogP contribution in [0.1, 0.15) is 22.8 Å². The van der Waals surface area contributed by atoms with Gasteiger partial charge in [0.15, 0.2) is 11.5 Å². The standard InChI is InChI=1S/C40H29Cl2F6N2O11P/c1-20-35(41)38(53)34(29(18-51)49-20)23-5-16-31(58-26-10-14-28(15-11-26)60-40(46,47)48)32(17-23)61-62(54,55)56-19-30-33(37(52)36(42)21(2)50-30)22-3-6-24(7-4-22)57-25-8-12-27(13-9-25)59-39(43,44)45/h3-17,51H,18-19H2,1-2H3,(H,49,53)(H,50,52)(H,54,55). The summed E-state index contributed by atoms with van der Waals surface area (Å²) in [6.07, 6.45) is -9.85. The first-order chi connectivity index (χ1) is 29.1. The number of aromatic nitrogens is 2. The molecule has 0 saturated heterocycles. The first-order valence-electron chi connectivity index (χ1n) is 17.5. The summed E-state index contributed by atoms with van der Waals surface area (Å²) in [5, 5.41) is 9.62. The Balaban J connectivity index is 1.29. The fourth-order valence-electron chi connectivity index (χ4n) is 5.85. The summed E-state index contributed by atoms with van der Waals surface area (Å²) in [5.41, 5.74) is -0.958. The van der Waals surface area contributed by atoms with E-state index in [0.29, 0.717) is 0 Å². The third-order valence-electron chi connectivity index (χ3n) is 8.49. The fourth-order valence-corrected chi connectivity index (χ4v) is 6.87. The van der Waals surface area contributed by atoms with Gasteiger partial charge in [0.05, 0.1) is 29.1 Å². The summed E-state index contributed by atoms with van der Waals surface area (Å²) in [5.74, 6) is -1.55. The molecule has 6 aromatic rings. The van der Waals surface area contributed by atoms with Crippen molar-refractivity contribution in [3.05, 3.63) is 144 Å². The second kappa shape index (κ2) is 18.2. The van der Waals surface area contributed by atoms with Crippen LogP contribution in [-0.2, 0) is 22.3 Å². The maximum atomic E-state index is 13.7. The van der Waals surface area contributed by atoms with Crippen molar-refractivity contribution in [2.75, 3.05) is 0 Å². The number of hydrogen-bond acceptors (Lipinski definition) is 10. The zero-order chi connectivity index (χ0) is 45.1. The first kappa shape index (κ1) is 45.6. The Morgan fingerprint density at radius 1 is 0.613 bits per heavy atom. The van der Waals surface area contributed by atoms with E-state index in [4.69, 9.17) is 41.7 Å². The number of pyridine rings is 2. The molecule has 13 nitrogen and oxygen atoms in total. The van der Waals surface area contributed by atoms with Gasteiger partial charge < -0.3 is 38.5 Å². The normalized spacial score (nSPS) is 12.7. The van der Waals surface area contributed by atoms with Crippen LogP contribution in [0.2, 0.25) is 10.0 Å². The molecule has 62 heavy (non-hydrogen) atoms. The molecule has 4 N–H and O–H groups in total. The van der Waals surface area contributed by atoms with Gasteiger partial charge in [0.1, 0.15) is 45.4 Å². The van der Waals surface area contributed by atoms with Crippen molar-refractivity contribution in [3.8, 4) is 62.5 Å². The number of benzene rings is 4. The average Bonchev–Trinajstić information content (AvgIpc) is 3.19. The summed E-state index contributed by atoms with van der Waals surface area (Å²) >= 11 is 12.5. The van der Waals surface area contributed by atoms with Gasteiger partial charge in [-0.05, 0) is 97.8 Å². The molecule has 0 aliphatic heterocycles. The highest BCUT2D eigenvalue weighted by Gasteiger charge is 2.32. The number of halogens is 8. The Labute approximate surface area is 355 Å². The molecule has 6 rings (SSSR count). The topological polar surface area (TPSA) is 179 Å². The molecule has 326 valence electrons. The van der Waals surface area contributed by atoms with Crippen molar-refractivity contribution in [3.63, 3.8) is 0 Å². The van der Waals surface area contributed by atoms with Crippen molar-refractivity contribution < 1.29 is 68.9 Å². The highest BCUT2D eigenvalue weighted by molar-refractivity contribution is 7.47. The van der Waals surface area contributed by atoms with E-state index >= 15 is 0 Å². The maximum absolute atomic E-state index is 13.7. The molecule has 0 radical (unpaired) electrons. The van der Waals surface area contributed by atoms with Crippen LogP contribution in [0.4, 0.5) is 26.3 Å². The summed E-state index contributed by atoms with van der Waals surface area (Å²) in [7, 11) is -5.25. The monoisotopic (exact) mass is 928 g/mol. The van der Waals surface area contributed by atoms with Crippen LogP contribution in [0.3, 0.4) is 0 Å². The van der Waals surface area contributed by atoms with Crippen LogP contribution in [0.25, 0.3) is 22.3 Å². The third kappa shape index (κ3) is 11.3. The number of aliphatic hydroxyl groups excluding tert-OH is 1. The van der Waals surface area contributed by atoms with E-state index in [-0.39, 0.29) is 78.1 Å². The third-order valence-corrected chi connectivity index (χ3v) is 10.3. The van der Waals surface area contributed by atoms with Crippen molar-refractivity contribution >= 4 is 31.0 Å². The van der Waals surface area contributed by atoms with Crippen LogP contribution in [0, 0.1) is 13.8 Å². The van der Waals surface area contributed by atoms with Gasteiger partial charge in [0, 0.05) is 11.4 Å². The highest BCUT2D eigenvalue weighted by atomic mass is 35.5. The summed E-state index contributed by atoms with van der Waals surface area (Å²) in [4.78, 5) is 43.5. The van der Waals surface area contributed by atoms with Gasteiger partial charge in [0.2, 0.25) is 10.9 Å². The zero-order valence-electron chi connectivity index (χ0n) is 31.6. The molecular formula is C40H29Cl2F6N2O11P. The average molecular weight is 930 g/mol. The number of phosphoric ester groups is 1. The molecular weight excluding hydrogens is 900 g/mol. The van der Waals surface area contributed by atoms with Gasteiger partial charge in [-0.1, -0.05) is 41.4 Å². The van der Waals surface area contributed by atoms with Crippen LogP contribution in [0.15, 0.2) is 101 Å². The number of phosphoric acid groups is 1. The number of alkyl halides is 6. The van der Waals surface area contributed by atoms with E-state index in [0.717, 1.165) is 42.5 Å². The van der Waals surface area contributed by atoms with Gasteiger partial charge >= 0.3 is 20.5 Å². The van der Waals surface area contributed by atoms with Gasteiger partial charge in [0.25, 0.3) is 0 Å². The van der Waals surface area contributed by atoms with Gasteiger partial charge in [-0.25, -0.2) is 4.57 Å². The quantitative estimate of drug-likeness (QED) is 0.0603. The number of nitrogens with one attached hydrogen (secondary N) is 2. The molecule has 0 aliphatic carbocycles. The molecule has 22 heteroatoms. The molecule has 0 spiro atoms. The molecule has 0 aliphatic rings. The van der Waals surface area contributed by atoms with Gasteiger partial charge in [-0.3, -0.25) is 19.0 Å². The summed E-state index contributed by atoms with van der Waals surface area (Å²) in [6, 6.07) is 18.1. The second-order valence-electron chi connectivity index (χ2n) is 12.9. The minimum Gasteiger partial charge on any atom is -0.457 e. The Morgan fingerprint density at radius 3 is 1.52 bits per heavy atom. The first-order valence-corrected chi connectivity index (χ1v) is 19.8. The predicted molar refractivity (Wildman–Crippen MR) is 212 cm³/mol. The van der Waals surface area contributed by atoms with E-state index in [1.165, 1.54) is 62.4 Å². The number of ether oxygens (including phenoxy) is 4. The fraction of sp³-hybridized carbons (Fsp3) is 0.150. The number of H-pyrrole nitrogens is 2. The molecule has 0 saturated carbocycles. The van der Waals surface area contributed by atoms with Crippen molar-refractivity contribution in [2.24, 2.45) is 0 Å². The molecule has 2 aromatic heterocycles. The van der Waals surface area contributed by atoms with E-state index in [2.05, 4.69) is 19.4 Å². The van der Waals surface area contributed by atoms with Crippen molar-refractivity contribution in [1.82, 2.24) is 9.97 Å². The molecule has 2 heterocycles. The predicted octanol–water partition coefficient (Wildman–Crippen LogP) is 10.9. The smallest absolute Gasteiger partial charge is 0.457 e. The van der Waals surface area contributed by atoms with Crippen LogP contribution in [0.5, 0.6) is 40.2 Å². The summed E-state index contributed by atoms with van der Waals surface area (Å²) < 4.78 is 119. The molecule has 0 bridgehead atoms. The molecule has 4 aromatic carbocycles. The van der Waals surface area contributed by atoms with E-state index < -0.39 is 61.9 Å². The molecule has 1 atom stereocenters. The van der Waals surface area contributed by atoms with Crippen LogP contribution >= 0.6 is 31.0 Å². The van der Waals surface area contributed by atoms with Crippen molar-refractivity contribution in [1.29, 1.82) is 0 Å². The largest absolute Gasteiger partial charge is 0.573 e. The lowest BCUT2D eigenvalue weighted by molar-refractivity contribution is -0.275. The zero-order valence-corrected chi connectivity index (χ0v) is 34.0. The lowest BCUT2D eigenvalue weighted by Gasteiger charge is -2.19. The SMILES string of the molecule is Cc1[nH]c(CO)c(-c2ccc(Oc3ccc(OC(F)(F)F)cc3)c(OP(=O)(O)OCc3[nH]c(C)c(Cl)c(=O)c3-c3ccc(Oc4ccc(OC(F)(F)F)cc4)cc3)c2)c(=O)c1Cl. The Morgan fingerprint density at radius 2 is 1.03 bits per heavy atom. The Kier molecular flexibility index (Phi) is 13.4. The molecule has 0 amide bonds. The van der Waals surface area contributed by atoms with E-state index in [1.807, 2.05) is 0 Å². The van der Waals surface area contributed by atoms with E-state index in [1.54, 1.807) is 0 Å². The van der Waals surface area contributed by atoms with E-state index in [9.17, 15) is 50.5 Å². The number of hydrogen-bond donors (Lipinski definition) is 4. The van der Waals surface area contributed by atoms with Crippen molar-refractivity contribution in [2.45, 2.75) is 39.8 Å². The molecule has 0 fully saturated rings. The second-order valence-corrected chi connectivity index (χ2v) is 15.0. The van der Waals surface area contributed by atoms with Crippen LogP contribution in [-0.4, -0.2) is 32.7 Å². The van der Waals surface area contributed by atoms with Crippen LogP contribution < -0.4 is 34.3 Å². The number of rotatable bonds is 14. The van der Waals surface area contributed by atoms with Gasteiger partial charge in [-0.15, -0.1) is 26.3 Å². The maximum Gasteiger partial charge on any atom is 0.573 e. The minimum absolute atomic E-state index is 0.0216. The number of aliphatic hydroxyl groups is 1.